The van der Waals surface area contributed by atoms with Gasteiger partial charge in [0.25, 0.3) is 0 Å². The first kappa shape index (κ1) is 22.8. The second-order valence-corrected chi connectivity index (χ2v) is 8.42. The van der Waals surface area contributed by atoms with Crippen molar-refractivity contribution in [1.29, 1.82) is 0 Å². The van der Waals surface area contributed by atoms with E-state index >= 15 is 0 Å². The van der Waals surface area contributed by atoms with Gasteiger partial charge in [0.15, 0.2) is 6.61 Å². The Kier molecular flexibility index (Phi) is 6.90. The van der Waals surface area contributed by atoms with Crippen molar-refractivity contribution in [2.24, 2.45) is 0 Å². The van der Waals surface area contributed by atoms with Crippen LogP contribution in [0.2, 0.25) is 0 Å². The highest BCUT2D eigenvalue weighted by atomic mass is 32.2. The summed E-state index contributed by atoms with van der Waals surface area (Å²) in [5.41, 5.74) is 3.37. The average Bonchev–Trinajstić information content (AvgIpc) is 2.83. The van der Waals surface area contributed by atoms with Crippen LogP contribution in [0, 0.1) is 0 Å². The first-order valence-corrected chi connectivity index (χ1v) is 11.5. The lowest BCUT2D eigenvalue weighted by Crippen LogP contribution is -2.33. The molecule has 0 bridgehead atoms. The molecular weight excluding hydrogens is 444 g/mol. The molecule has 9 heteroatoms. The second kappa shape index (κ2) is 10.0. The van der Waals surface area contributed by atoms with Crippen molar-refractivity contribution in [3.8, 4) is 22.6 Å². The predicted molar refractivity (Wildman–Crippen MR) is 123 cm³/mol. The van der Waals surface area contributed by atoms with Gasteiger partial charge in [-0.1, -0.05) is 24.3 Å². The largest absolute Gasteiger partial charge is 0.755 e. The summed E-state index contributed by atoms with van der Waals surface area (Å²) in [6, 6.07) is 15.9. The lowest BCUT2D eigenvalue weighted by atomic mass is 9.87. The second-order valence-electron chi connectivity index (χ2n) is 7.59. The van der Waals surface area contributed by atoms with E-state index in [-0.39, 0.29) is 0 Å². The highest BCUT2D eigenvalue weighted by Gasteiger charge is 2.30. The summed E-state index contributed by atoms with van der Waals surface area (Å²) in [6.07, 6.45) is 3.67. The van der Waals surface area contributed by atoms with E-state index in [0.29, 0.717) is 24.4 Å². The third-order valence-corrected chi connectivity index (χ3v) is 6.37. The average molecular weight is 468 g/mol. The third-order valence-electron chi connectivity index (χ3n) is 5.60. The van der Waals surface area contributed by atoms with Crippen LogP contribution in [0.1, 0.15) is 30.0 Å². The molecule has 0 spiro atoms. The number of fused-ring (bicyclic) bond motifs is 1. The summed E-state index contributed by atoms with van der Waals surface area (Å²) in [5, 5.41) is 8.94. The van der Waals surface area contributed by atoms with Crippen LogP contribution in [0.3, 0.4) is 0 Å². The van der Waals surface area contributed by atoms with Gasteiger partial charge >= 0.3 is 5.97 Å². The number of hydrogen-bond acceptors (Lipinski definition) is 6. The highest BCUT2D eigenvalue weighted by molar-refractivity contribution is 7.80. The van der Waals surface area contributed by atoms with Crippen molar-refractivity contribution in [3.05, 3.63) is 71.9 Å². The van der Waals surface area contributed by atoms with Gasteiger partial charge in [-0.2, -0.15) is 0 Å². The quantitative estimate of drug-likeness (QED) is 0.500. The number of rotatable bonds is 8. The molecule has 2 atom stereocenters. The van der Waals surface area contributed by atoms with Gasteiger partial charge in [0, 0.05) is 23.0 Å². The minimum absolute atomic E-state index is 0.310. The monoisotopic (exact) mass is 467 g/mol. The lowest BCUT2D eigenvalue weighted by molar-refractivity contribution is -0.139. The van der Waals surface area contributed by atoms with Crippen LogP contribution >= 0.6 is 0 Å². The zero-order valence-electron chi connectivity index (χ0n) is 18.0. The molecule has 2 aromatic carbocycles. The van der Waals surface area contributed by atoms with E-state index in [1.165, 1.54) is 4.31 Å². The van der Waals surface area contributed by atoms with Gasteiger partial charge in [0.1, 0.15) is 17.3 Å². The fraction of sp³-hybridized carbons (Fsp3) is 0.250. The smallest absolute Gasteiger partial charge is 0.341 e. The van der Waals surface area contributed by atoms with Crippen molar-refractivity contribution >= 4 is 23.1 Å². The predicted octanol–water partition coefficient (Wildman–Crippen LogP) is 3.90. The Bertz CT molecular complexity index is 1170. The van der Waals surface area contributed by atoms with Crippen LogP contribution in [-0.4, -0.2) is 38.5 Å². The van der Waals surface area contributed by atoms with E-state index in [4.69, 9.17) is 14.6 Å². The van der Waals surface area contributed by atoms with Gasteiger partial charge in [-0.3, -0.25) is 8.51 Å². The molecule has 0 radical (unpaired) electrons. The van der Waals surface area contributed by atoms with Crippen LogP contribution < -0.4 is 13.8 Å². The number of anilines is 1. The lowest BCUT2D eigenvalue weighted by Gasteiger charge is -2.37. The van der Waals surface area contributed by atoms with Crippen molar-refractivity contribution in [2.75, 3.05) is 18.0 Å². The van der Waals surface area contributed by atoms with Crippen LogP contribution in [0.15, 0.2) is 60.8 Å². The molecule has 0 saturated carbocycles. The maximum atomic E-state index is 12.3. The molecule has 1 heterocycles. The molecule has 0 aliphatic heterocycles. The number of benzene rings is 2. The van der Waals surface area contributed by atoms with Gasteiger partial charge in [-0.25, -0.2) is 9.78 Å². The van der Waals surface area contributed by atoms with Crippen LogP contribution in [0.5, 0.6) is 11.5 Å². The molecule has 8 nitrogen and oxygen atoms in total. The maximum absolute atomic E-state index is 12.3. The topological polar surface area (TPSA) is 112 Å². The van der Waals surface area contributed by atoms with Crippen LogP contribution in [0.25, 0.3) is 11.1 Å². The normalized spacial score (nSPS) is 15.9. The SMILES string of the molecule is COc1cccc(-c2ccc(N(C3CCCc4c(OCC(=O)O)cccc43)S(=O)[O-])nc2)c1. The van der Waals surface area contributed by atoms with Crippen LogP contribution in [0.4, 0.5) is 5.82 Å². The number of carbonyl (C=O) groups is 1. The first-order valence-electron chi connectivity index (χ1n) is 10.4. The number of carboxylic acids is 1. The molecular formula is C24H23N2O6S-. The van der Waals surface area contributed by atoms with E-state index in [1.54, 1.807) is 31.5 Å². The summed E-state index contributed by atoms with van der Waals surface area (Å²) in [6.45, 7) is -0.453. The zero-order valence-corrected chi connectivity index (χ0v) is 18.8. The van der Waals surface area contributed by atoms with Gasteiger partial charge < -0.3 is 19.1 Å². The zero-order chi connectivity index (χ0) is 23.4. The summed E-state index contributed by atoms with van der Waals surface area (Å²) < 4.78 is 36.6. The number of methoxy groups -OCH3 is 1. The van der Waals surface area contributed by atoms with Crippen molar-refractivity contribution in [2.45, 2.75) is 25.3 Å². The van der Waals surface area contributed by atoms with E-state index in [9.17, 15) is 13.6 Å². The Morgan fingerprint density at radius 1 is 1.21 bits per heavy atom. The fourth-order valence-electron chi connectivity index (χ4n) is 4.14. The minimum Gasteiger partial charge on any atom is -0.755 e. The molecule has 1 aliphatic rings. The molecule has 0 saturated heterocycles. The Morgan fingerprint density at radius 3 is 2.73 bits per heavy atom. The van der Waals surface area contributed by atoms with Gasteiger partial charge in [0.2, 0.25) is 0 Å². The molecule has 3 aromatic rings. The summed E-state index contributed by atoms with van der Waals surface area (Å²) in [5.74, 6) is 0.434. The minimum atomic E-state index is -2.57. The Labute approximate surface area is 194 Å². The molecule has 1 aliphatic carbocycles. The molecule has 172 valence electrons. The van der Waals surface area contributed by atoms with Crippen molar-refractivity contribution in [1.82, 2.24) is 4.98 Å². The van der Waals surface area contributed by atoms with E-state index in [1.807, 2.05) is 36.4 Å². The molecule has 33 heavy (non-hydrogen) atoms. The molecule has 1 aromatic heterocycles. The summed E-state index contributed by atoms with van der Waals surface area (Å²) >= 11 is -2.57. The summed E-state index contributed by atoms with van der Waals surface area (Å²) in [4.78, 5) is 15.4. The fourth-order valence-corrected chi connectivity index (χ4v) is 4.83. The van der Waals surface area contributed by atoms with E-state index < -0.39 is 29.9 Å². The molecule has 4 rings (SSSR count). The Balaban J connectivity index is 1.66. The molecule has 0 fully saturated rings. The van der Waals surface area contributed by atoms with E-state index in [0.717, 1.165) is 34.4 Å². The number of aromatic nitrogens is 1. The summed E-state index contributed by atoms with van der Waals surface area (Å²) in [7, 11) is 1.60. The van der Waals surface area contributed by atoms with E-state index in [2.05, 4.69) is 4.98 Å². The molecule has 2 unspecified atom stereocenters. The number of pyridine rings is 1. The van der Waals surface area contributed by atoms with Crippen LogP contribution in [-0.2, 0) is 22.5 Å². The number of carboxylic acid groups (broad SMARTS) is 1. The number of aliphatic carboxylic acids is 1. The van der Waals surface area contributed by atoms with Crippen molar-refractivity contribution in [3.63, 3.8) is 0 Å². The number of nitrogens with zero attached hydrogens (tertiary/aromatic N) is 2. The molecule has 0 amide bonds. The standard InChI is InChI=1S/C24H24N2O6S/c1-31-18-6-2-5-16(13-18)17-11-12-23(25-14-17)26(33(29)30)21-9-3-8-20-19(21)7-4-10-22(20)32-15-24(27)28/h2,4-7,10-14,21H,3,8-9,15H2,1H3,(H,27,28)(H,29,30)/p-1. The first-order chi connectivity index (χ1) is 16.0. The maximum Gasteiger partial charge on any atom is 0.341 e. The van der Waals surface area contributed by atoms with Gasteiger partial charge in [-0.15, -0.1) is 0 Å². The Hall–Kier alpha value is -3.43. The van der Waals surface area contributed by atoms with Gasteiger partial charge in [-0.05, 0) is 66.3 Å². The third kappa shape index (κ3) is 4.99. The number of hydrogen-bond donors (Lipinski definition) is 1. The van der Waals surface area contributed by atoms with Gasteiger partial charge in [0.05, 0.1) is 13.2 Å². The van der Waals surface area contributed by atoms with Crippen molar-refractivity contribution < 1.29 is 28.1 Å². The Morgan fingerprint density at radius 2 is 2.03 bits per heavy atom. The highest BCUT2D eigenvalue weighted by Crippen LogP contribution is 2.40. The number of ether oxygens (including phenoxy) is 2. The molecule has 1 N–H and O–H groups in total.